The van der Waals surface area contributed by atoms with Crippen molar-refractivity contribution < 1.29 is 18.0 Å². The topological polar surface area (TPSA) is 70.7 Å². The molecule has 9 heteroatoms. The second-order valence-corrected chi connectivity index (χ2v) is 5.96. The molecule has 1 amide bonds. The van der Waals surface area contributed by atoms with Crippen LogP contribution in [0, 0.1) is 0 Å². The summed E-state index contributed by atoms with van der Waals surface area (Å²) in [4.78, 5) is 15.6. The third-order valence-corrected chi connectivity index (χ3v) is 4.09. The number of aromatic amines is 1. The molecular formula is C13H10BrF3N4O. The minimum atomic E-state index is -4.63. The van der Waals surface area contributed by atoms with Crippen molar-refractivity contribution in [3.8, 4) is 0 Å². The van der Waals surface area contributed by atoms with Crippen LogP contribution in [-0.2, 0) is 16.4 Å². The Labute approximate surface area is 131 Å². The smallest absolute Gasteiger partial charge is 0.292 e. The van der Waals surface area contributed by atoms with Crippen molar-refractivity contribution in [1.29, 1.82) is 0 Å². The number of hydrogen-bond acceptors (Lipinski definition) is 3. The molecule has 1 aromatic carbocycles. The summed E-state index contributed by atoms with van der Waals surface area (Å²) in [6.07, 6.45) is -3.35. The predicted octanol–water partition coefficient (Wildman–Crippen LogP) is 3.26. The lowest BCUT2D eigenvalue weighted by Gasteiger charge is -2.14. The number of anilines is 1. The van der Waals surface area contributed by atoms with Crippen LogP contribution in [0.15, 0.2) is 28.7 Å². The first-order valence-electron chi connectivity index (χ1n) is 6.38. The summed E-state index contributed by atoms with van der Waals surface area (Å²) < 4.78 is 38.2. The molecule has 0 spiro atoms. The Bertz CT molecular complexity index is 707. The first kappa shape index (κ1) is 15.0. The summed E-state index contributed by atoms with van der Waals surface area (Å²) in [5, 5.41) is 7.49. The van der Waals surface area contributed by atoms with Crippen LogP contribution in [0.3, 0.4) is 0 Å². The maximum absolute atomic E-state index is 12.4. The molecule has 1 fully saturated rings. The molecule has 0 bridgehead atoms. The first-order chi connectivity index (χ1) is 10.3. The molecular weight excluding hydrogens is 365 g/mol. The molecule has 2 aromatic rings. The van der Waals surface area contributed by atoms with E-state index in [9.17, 15) is 18.0 Å². The maximum atomic E-state index is 12.4. The number of rotatable bonds is 3. The molecule has 1 heterocycles. The average molecular weight is 375 g/mol. The fourth-order valence-electron chi connectivity index (χ4n) is 2.21. The second-order valence-electron chi connectivity index (χ2n) is 5.05. The van der Waals surface area contributed by atoms with Gasteiger partial charge in [-0.3, -0.25) is 15.2 Å². The van der Waals surface area contributed by atoms with Gasteiger partial charge in [0.2, 0.25) is 17.7 Å². The van der Waals surface area contributed by atoms with E-state index < -0.39 is 23.3 Å². The van der Waals surface area contributed by atoms with Gasteiger partial charge in [0.1, 0.15) is 0 Å². The molecule has 0 atom stereocenters. The fourth-order valence-corrected chi connectivity index (χ4v) is 2.47. The van der Waals surface area contributed by atoms with E-state index in [0.717, 1.165) is 10.0 Å². The summed E-state index contributed by atoms with van der Waals surface area (Å²) >= 11 is 3.31. The third kappa shape index (κ3) is 2.72. The SMILES string of the molecule is O=C(Nc1n[nH]c(C(F)(F)F)n1)C1(c2ccc(Br)cc2)CC1. The highest BCUT2D eigenvalue weighted by Gasteiger charge is 2.51. The number of halogens is 4. The van der Waals surface area contributed by atoms with Crippen LogP contribution in [0.1, 0.15) is 24.2 Å². The second kappa shape index (κ2) is 5.08. The van der Waals surface area contributed by atoms with Crippen LogP contribution in [0.25, 0.3) is 0 Å². The predicted molar refractivity (Wildman–Crippen MR) is 75.1 cm³/mol. The maximum Gasteiger partial charge on any atom is 0.451 e. The fraction of sp³-hybridized carbons (Fsp3) is 0.308. The standard InChI is InChI=1S/C13H10BrF3N4O/c14-8-3-1-7(2-4-8)12(5-6-12)10(22)19-11-18-9(20-21-11)13(15,16)17/h1-4H,5-6H2,(H2,18,19,20,21,22). The van der Waals surface area contributed by atoms with Gasteiger partial charge in [-0.05, 0) is 30.5 Å². The Morgan fingerprint density at radius 3 is 2.41 bits per heavy atom. The van der Waals surface area contributed by atoms with Gasteiger partial charge in [0.05, 0.1) is 5.41 Å². The first-order valence-corrected chi connectivity index (χ1v) is 7.18. The normalized spacial score (nSPS) is 16.4. The number of hydrogen-bond donors (Lipinski definition) is 2. The van der Waals surface area contributed by atoms with Crippen molar-refractivity contribution >= 4 is 27.8 Å². The van der Waals surface area contributed by atoms with E-state index in [1.807, 2.05) is 24.3 Å². The quantitative estimate of drug-likeness (QED) is 0.865. The average Bonchev–Trinajstić information content (AvgIpc) is 3.12. The van der Waals surface area contributed by atoms with E-state index in [1.54, 1.807) is 5.10 Å². The zero-order valence-corrected chi connectivity index (χ0v) is 12.6. The number of carbonyl (C=O) groups excluding carboxylic acids is 1. The molecule has 1 aliphatic rings. The van der Waals surface area contributed by atoms with Gasteiger partial charge >= 0.3 is 6.18 Å². The summed E-state index contributed by atoms with van der Waals surface area (Å²) in [6.45, 7) is 0. The van der Waals surface area contributed by atoms with Gasteiger partial charge in [-0.2, -0.15) is 18.2 Å². The Kier molecular flexibility index (Phi) is 3.47. The van der Waals surface area contributed by atoms with Crippen molar-refractivity contribution in [2.75, 3.05) is 5.32 Å². The lowest BCUT2D eigenvalue weighted by atomic mass is 9.95. The van der Waals surface area contributed by atoms with E-state index in [4.69, 9.17) is 0 Å². The largest absolute Gasteiger partial charge is 0.451 e. The molecule has 22 heavy (non-hydrogen) atoms. The lowest BCUT2D eigenvalue weighted by Crippen LogP contribution is -2.28. The summed E-state index contributed by atoms with van der Waals surface area (Å²) in [5.41, 5.74) is 0.111. The molecule has 1 aliphatic carbocycles. The molecule has 2 N–H and O–H groups in total. The monoisotopic (exact) mass is 374 g/mol. The number of alkyl halides is 3. The minimum absolute atomic E-state index is 0.374. The number of nitrogens with zero attached hydrogens (tertiary/aromatic N) is 2. The molecule has 116 valence electrons. The van der Waals surface area contributed by atoms with Gasteiger partial charge in [-0.1, -0.05) is 28.1 Å². The Morgan fingerprint density at radius 2 is 1.91 bits per heavy atom. The highest BCUT2D eigenvalue weighted by atomic mass is 79.9. The molecule has 0 radical (unpaired) electrons. The molecule has 3 rings (SSSR count). The van der Waals surface area contributed by atoms with E-state index in [0.29, 0.717) is 12.8 Å². The summed E-state index contributed by atoms with van der Waals surface area (Å²) in [5.74, 6) is -2.01. The molecule has 5 nitrogen and oxygen atoms in total. The highest BCUT2D eigenvalue weighted by molar-refractivity contribution is 9.10. The lowest BCUT2D eigenvalue weighted by molar-refractivity contribution is -0.144. The van der Waals surface area contributed by atoms with Crippen LogP contribution < -0.4 is 5.32 Å². The van der Waals surface area contributed by atoms with Crippen LogP contribution >= 0.6 is 15.9 Å². The van der Waals surface area contributed by atoms with Crippen LogP contribution in [0.2, 0.25) is 0 Å². The molecule has 1 aromatic heterocycles. The van der Waals surface area contributed by atoms with E-state index >= 15 is 0 Å². The van der Waals surface area contributed by atoms with Gasteiger partial charge in [0, 0.05) is 4.47 Å². The zero-order valence-electron chi connectivity index (χ0n) is 11.0. The Morgan fingerprint density at radius 1 is 1.27 bits per heavy atom. The number of amides is 1. The van der Waals surface area contributed by atoms with Gasteiger partial charge < -0.3 is 0 Å². The van der Waals surface area contributed by atoms with Gasteiger partial charge in [-0.25, -0.2) is 0 Å². The number of H-pyrrole nitrogens is 1. The van der Waals surface area contributed by atoms with Crippen LogP contribution in [0.5, 0.6) is 0 Å². The van der Waals surface area contributed by atoms with E-state index in [2.05, 4.69) is 31.3 Å². The minimum Gasteiger partial charge on any atom is -0.292 e. The molecule has 0 unspecified atom stereocenters. The van der Waals surface area contributed by atoms with Crippen molar-refractivity contribution in [3.05, 3.63) is 40.1 Å². The number of nitrogens with one attached hydrogen (secondary N) is 2. The van der Waals surface area contributed by atoms with Crippen LogP contribution in [-0.4, -0.2) is 21.1 Å². The number of benzene rings is 1. The van der Waals surface area contributed by atoms with Crippen molar-refractivity contribution in [2.24, 2.45) is 0 Å². The van der Waals surface area contributed by atoms with Gasteiger partial charge in [0.15, 0.2) is 0 Å². The molecule has 0 saturated heterocycles. The molecule has 1 saturated carbocycles. The van der Waals surface area contributed by atoms with E-state index in [-0.39, 0.29) is 5.95 Å². The van der Waals surface area contributed by atoms with Gasteiger partial charge in [0.25, 0.3) is 0 Å². The zero-order chi connectivity index (χ0) is 16.0. The van der Waals surface area contributed by atoms with E-state index in [1.165, 1.54) is 0 Å². The molecule has 0 aliphatic heterocycles. The number of carbonyl (C=O) groups is 1. The summed E-state index contributed by atoms with van der Waals surface area (Å²) in [6, 6.07) is 7.26. The van der Waals surface area contributed by atoms with Crippen molar-refractivity contribution in [1.82, 2.24) is 15.2 Å². The van der Waals surface area contributed by atoms with Gasteiger partial charge in [-0.15, -0.1) is 5.10 Å². The van der Waals surface area contributed by atoms with Crippen LogP contribution in [0.4, 0.5) is 19.1 Å². The summed E-state index contributed by atoms with van der Waals surface area (Å²) in [7, 11) is 0. The Balaban J connectivity index is 1.77. The van der Waals surface area contributed by atoms with Crippen molar-refractivity contribution in [2.45, 2.75) is 24.4 Å². The third-order valence-electron chi connectivity index (χ3n) is 3.56. The number of aromatic nitrogens is 3. The Hall–Kier alpha value is -1.90. The van der Waals surface area contributed by atoms with Crippen molar-refractivity contribution in [3.63, 3.8) is 0 Å². The highest BCUT2D eigenvalue weighted by Crippen LogP contribution is 2.49.